The van der Waals surface area contributed by atoms with E-state index in [0.717, 1.165) is 20.4 Å². The van der Waals surface area contributed by atoms with Gasteiger partial charge in [0.25, 0.3) is 11.5 Å². The Balaban J connectivity index is 2.24. The zero-order valence-electron chi connectivity index (χ0n) is 17.1. The van der Waals surface area contributed by atoms with E-state index >= 15 is 0 Å². The molecular formula is C22H23ClN4O3. The Kier molecular flexibility index (Phi) is 6.52. The van der Waals surface area contributed by atoms with Crippen LogP contribution in [0, 0.1) is 6.92 Å². The van der Waals surface area contributed by atoms with Crippen LogP contribution in [0.2, 0.25) is 5.02 Å². The molecule has 0 saturated heterocycles. The first kappa shape index (κ1) is 21.5. The molecule has 0 radical (unpaired) electrons. The largest absolute Gasteiger partial charge is 0.352 e. The van der Waals surface area contributed by atoms with Gasteiger partial charge in [-0.25, -0.2) is 4.79 Å². The number of halogens is 1. The van der Waals surface area contributed by atoms with E-state index < -0.39 is 17.2 Å². The molecule has 8 heteroatoms. The lowest BCUT2D eigenvalue weighted by Gasteiger charge is -2.19. The van der Waals surface area contributed by atoms with Gasteiger partial charge in [0, 0.05) is 18.1 Å². The molecule has 0 bridgehead atoms. The van der Waals surface area contributed by atoms with Crippen molar-refractivity contribution in [1.29, 1.82) is 0 Å². The number of carbonyl (C=O) groups is 1. The second-order valence-corrected chi connectivity index (χ2v) is 7.31. The SMILES string of the molecule is CCN(CC)C(=O)c1nn(-c2ccc(Cl)cc2)c(=O)n(Cc2cccc(C)c2)c1=O. The number of hydrogen-bond acceptors (Lipinski definition) is 4. The Morgan fingerprint density at radius 1 is 1.07 bits per heavy atom. The molecule has 30 heavy (non-hydrogen) atoms. The molecule has 2 aromatic carbocycles. The van der Waals surface area contributed by atoms with Crippen molar-refractivity contribution in [2.24, 2.45) is 0 Å². The van der Waals surface area contributed by atoms with Crippen LogP contribution in [0.25, 0.3) is 5.69 Å². The summed E-state index contributed by atoms with van der Waals surface area (Å²) in [5.41, 5.74) is 0.580. The summed E-state index contributed by atoms with van der Waals surface area (Å²) in [6.07, 6.45) is 0. The molecule has 0 fully saturated rings. The van der Waals surface area contributed by atoms with E-state index in [9.17, 15) is 14.4 Å². The van der Waals surface area contributed by atoms with Crippen molar-refractivity contribution in [3.05, 3.63) is 91.2 Å². The van der Waals surface area contributed by atoms with Gasteiger partial charge in [-0.3, -0.25) is 14.2 Å². The fourth-order valence-electron chi connectivity index (χ4n) is 3.19. The van der Waals surface area contributed by atoms with Crippen molar-refractivity contribution in [3.8, 4) is 5.69 Å². The smallest absolute Gasteiger partial charge is 0.338 e. The van der Waals surface area contributed by atoms with Crippen LogP contribution in [0.15, 0.2) is 58.1 Å². The number of aromatic nitrogens is 3. The highest BCUT2D eigenvalue weighted by Gasteiger charge is 2.23. The van der Waals surface area contributed by atoms with Gasteiger partial charge < -0.3 is 4.90 Å². The molecule has 1 amide bonds. The number of benzene rings is 2. The summed E-state index contributed by atoms with van der Waals surface area (Å²) in [6.45, 7) is 6.46. The highest BCUT2D eigenvalue weighted by atomic mass is 35.5. The normalized spacial score (nSPS) is 10.8. The lowest BCUT2D eigenvalue weighted by Crippen LogP contribution is -2.46. The van der Waals surface area contributed by atoms with Gasteiger partial charge in [-0.2, -0.15) is 9.78 Å². The van der Waals surface area contributed by atoms with Crippen molar-refractivity contribution >= 4 is 17.5 Å². The van der Waals surface area contributed by atoms with Gasteiger partial charge in [-0.1, -0.05) is 41.4 Å². The van der Waals surface area contributed by atoms with Crippen molar-refractivity contribution < 1.29 is 4.79 Å². The molecule has 1 heterocycles. The lowest BCUT2D eigenvalue weighted by atomic mass is 10.1. The Hall–Kier alpha value is -3.19. The van der Waals surface area contributed by atoms with E-state index in [1.807, 2.05) is 45.0 Å². The minimum Gasteiger partial charge on any atom is -0.338 e. The van der Waals surface area contributed by atoms with E-state index in [2.05, 4.69) is 5.10 Å². The lowest BCUT2D eigenvalue weighted by molar-refractivity contribution is 0.0761. The van der Waals surface area contributed by atoms with E-state index in [0.29, 0.717) is 23.8 Å². The average molecular weight is 427 g/mol. The molecule has 0 aliphatic heterocycles. The molecule has 3 rings (SSSR count). The quantitative estimate of drug-likeness (QED) is 0.607. The summed E-state index contributed by atoms with van der Waals surface area (Å²) in [5.74, 6) is -0.509. The van der Waals surface area contributed by atoms with E-state index in [1.165, 1.54) is 4.90 Å². The van der Waals surface area contributed by atoms with Crippen LogP contribution in [0.1, 0.15) is 35.5 Å². The van der Waals surface area contributed by atoms with Crippen molar-refractivity contribution in [1.82, 2.24) is 19.2 Å². The number of amides is 1. The number of nitrogens with zero attached hydrogens (tertiary/aromatic N) is 4. The first-order valence-corrected chi connectivity index (χ1v) is 10.1. The fourth-order valence-corrected chi connectivity index (χ4v) is 3.32. The summed E-state index contributed by atoms with van der Waals surface area (Å²) in [6, 6.07) is 14.0. The highest BCUT2D eigenvalue weighted by molar-refractivity contribution is 6.30. The maximum atomic E-state index is 13.2. The van der Waals surface area contributed by atoms with Gasteiger partial charge >= 0.3 is 5.69 Å². The third kappa shape index (κ3) is 4.36. The van der Waals surface area contributed by atoms with Crippen LogP contribution in [0.5, 0.6) is 0 Å². The summed E-state index contributed by atoms with van der Waals surface area (Å²) in [4.78, 5) is 40.7. The Labute approximate surface area is 179 Å². The number of rotatable bonds is 6. The molecule has 7 nitrogen and oxygen atoms in total. The maximum Gasteiger partial charge on any atom is 0.352 e. The first-order chi connectivity index (χ1) is 14.3. The molecule has 3 aromatic rings. The topological polar surface area (TPSA) is 77.2 Å². The Morgan fingerprint density at radius 3 is 2.33 bits per heavy atom. The Bertz CT molecular complexity index is 1180. The van der Waals surface area contributed by atoms with E-state index in [-0.39, 0.29) is 12.2 Å². The molecule has 0 unspecified atom stereocenters. The van der Waals surface area contributed by atoms with Gasteiger partial charge in [0.2, 0.25) is 5.69 Å². The van der Waals surface area contributed by atoms with Crippen LogP contribution in [0.3, 0.4) is 0 Å². The zero-order chi connectivity index (χ0) is 21.8. The van der Waals surface area contributed by atoms with Gasteiger partial charge in [-0.15, -0.1) is 0 Å². The predicted molar refractivity (Wildman–Crippen MR) is 117 cm³/mol. The summed E-state index contributed by atoms with van der Waals surface area (Å²) in [7, 11) is 0. The van der Waals surface area contributed by atoms with E-state index in [4.69, 9.17) is 11.6 Å². The van der Waals surface area contributed by atoms with Crippen LogP contribution < -0.4 is 11.2 Å². The first-order valence-electron chi connectivity index (χ1n) is 9.70. The van der Waals surface area contributed by atoms with Gasteiger partial charge in [0.15, 0.2) is 0 Å². The molecule has 156 valence electrons. The number of carbonyl (C=O) groups excluding carboxylic acids is 1. The molecule has 0 saturated carbocycles. The van der Waals surface area contributed by atoms with Crippen molar-refractivity contribution in [2.75, 3.05) is 13.1 Å². The molecule has 0 N–H and O–H groups in total. The predicted octanol–water partition coefficient (Wildman–Crippen LogP) is 2.89. The summed E-state index contributed by atoms with van der Waals surface area (Å²) >= 11 is 5.95. The van der Waals surface area contributed by atoms with Crippen LogP contribution in [-0.4, -0.2) is 38.2 Å². The second kappa shape index (κ2) is 9.09. The second-order valence-electron chi connectivity index (χ2n) is 6.88. The third-order valence-electron chi connectivity index (χ3n) is 4.81. The minimum absolute atomic E-state index is 0.0357. The molecule has 0 aliphatic carbocycles. The summed E-state index contributed by atoms with van der Waals surface area (Å²) < 4.78 is 2.12. The van der Waals surface area contributed by atoms with Crippen molar-refractivity contribution in [3.63, 3.8) is 0 Å². The minimum atomic E-state index is -0.705. The molecule has 1 aromatic heterocycles. The number of aryl methyl sites for hydroxylation is 1. The van der Waals surface area contributed by atoms with Crippen LogP contribution in [-0.2, 0) is 6.54 Å². The maximum absolute atomic E-state index is 13.2. The zero-order valence-corrected chi connectivity index (χ0v) is 17.9. The summed E-state index contributed by atoms with van der Waals surface area (Å²) in [5, 5.41) is 4.64. The third-order valence-corrected chi connectivity index (χ3v) is 5.06. The van der Waals surface area contributed by atoms with Gasteiger partial charge in [0.1, 0.15) is 0 Å². The number of hydrogen-bond donors (Lipinski definition) is 0. The highest BCUT2D eigenvalue weighted by Crippen LogP contribution is 2.12. The Morgan fingerprint density at radius 2 is 1.73 bits per heavy atom. The van der Waals surface area contributed by atoms with E-state index in [1.54, 1.807) is 24.3 Å². The average Bonchev–Trinajstić information content (AvgIpc) is 2.73. The van der Waals surface area contributed by atoms with Gasteiger partial charge in [0.05, 0.1) is 12.2 Å². The van der Waals surface area contributed by atoms with Crippen molar-refractivity contribution in [2.45, 2.75) is 27.3 Å². The van der Waals surface area contributed by atoms with Gasteiger partial charge in [-0.05, 0) is 50.6 Å². The standard InChI is InChI=1S/C22H23ClN4O3/c1-4-25(5-2)20(28)19-21(29)26(14-16-8-6-7-15(3)13-16)22(30)27(24-19)18-11-9-17(23)10-12-18/h6-13H,4-5,14H2,1-3H3. The fraction of sp³-hybridized carbons (Fsp3) is 0.273. The van der Waals surface area contributed by atoms with Crippen LogP contribution >= 0.6 is 11.6 Å². The monoisotopic (exact) mass is 426 g/mol. The molecule has 0 spiro atoms. The molecule has 0 atom stereocenters. The van der Waals surface area contributed by atoms with Crippen LogP contribution in [0.4, 0.5) is 0 Å². The molecular weight excluding hydrogens is 404 g/mol. The molecule has 0 aliphatic rings.